The number of thioether (sulfide) groups is 1. The minimum atomic E-state index is -0.397. The molecule has 0 aliphatic heterocycles. The molecule has 1 aromatic heterocycles. The zero-order valence-electron chi connectivity index (χ0n) is 12.4. The van der Waals surface area contributed by atoms with Crippen LogP contribution in [0.2, 0.25) is 0 Å². The molecule has 3 rings (SSSR count). The fraction of sp³-hybridized carbons (Fsp3) is 0.125. The molecule has 0 unspecified atom stereocenters. The van der Waals surface area contributed by atoms with Crippen molar-refractivity contribution in [3.8, 4) is 11.4 Å². The molecule has 2 aromatic carbocycles. The fourth-order valence-corrected chi connectivity index (χ4v) is 3.01. The molecule has 1 heterocycles. The predicted molar refractivity (Wildman–Crippen MR) is 89.1 cm³/mol. The highest BCUT2D eigenvalue weighted by Gasteiger charge is 2.11. The first-order valence-corrected chi connectivity index (χ1v) is 7.94. The molecule has 0 saturated carbocycles. The molecule has 7 heteroatoms. The third kappa shape index (κ3) is 3.40. The summed E-state index contributed by atoms with van der Waals surface area (Å²) in [5.41, 5.74) is 2.12. The molecule has 0 N–H and O–H groups in total. The zero-order chi connectivity index (χ0) is 16.2. The van der Waals surface area contributed by atoms with Gasteiger partial charge >= 0.3 is 0 Å². The molecule has 0 fully saturated rings. The summed E-state index contributed by atoms with van der Waals surface area (Å²) < 4.78 is 1.95. The van der Waals surface area contributed by atoms with Gasteiger partial charge in [0.1, 0.15) is 0 Å². The molecule has 23 heavy (non-hydrogen) atoms. The summed E-state index contributed by atoms with van der Waals surface area (Å²) in [7, 11) is 1.93. The summed E-state index contributed by atoms with van der Waals surface area (Å²) in [5.74, 6) is 1.50. The third-order valence-electron chi connectivity index (χ3n) is 3.38. The van der Waals surface area contributed by atoms with Gasteiger partial charge in [0.25, 0.3) is 5.69 Å². The molecule has 3 aromatic rings. The Balaban J connectivity index is 1.72. The number of hydrogen-bond donors (Lipinski definition) is 0. The molecule has 116 valence electrons. The SMILES string of the molecule is Cn1c(SCc2ccc([N+](=O)[O-])cc2)nnc1-c1ccccc1. The van der Waals surface area contributed by atoms with E-state index in [0.717, 1.165) is 22.1 Å². The van der Waals surface area contributed by atoms with Crippen LogP contribution in [0.15, 0.2) is 59.8 Å². The molecule has 0 bridgehead atoms. The van der Waals surface area contributed by atoms with Crippen LogP contribution in [-0.4, -0.2) is 19.7 Å². The average Bonchev–Trinajstić information content (AvgIpc) is 2.95. The summed E-state index contributed by atoms with van der Waals surface area (Å²) in [6, 6.07) is 16.4. The minimum absolute atomic E-state index is 0.101. The summed E-state index contributed by atoms with van der Waals surface area (Å²) in [4.78, 5) is 10.3. The summed E-state index contributed by atoms with van der Waals surface area (Å²) in [5, 5.41) is 19.9. The van der Waals surface area contributed by atoms with Crippen molar-refractivity contribution in [1.29, 1.82) is 0 Å². The third-order valence-corrected chi connectivity index (χ3v) is 4.47. The molecule has 6 nitrogen and oxygen atoms in total. The van der Waals surface area contributed by atoms with E-state index in [4.69, 9.17) is 0 Å². The van der Waals surface area contributed by atoms with Gasteiger partial charge in [-0.2, -0.15) is 0 Å². The van der Waals surface area contributed by atoms with Crippen molar-refractivity contribution >= 4 is 17.4 Å². The molecule has 0 atom stereocenters. The van der Waals surface area contributed by atoms with Crippen LogP contribution in [-0.2, 0) is 12.8 Å². The molecule has 0 aliphatic rings. The maximum atomic E-state index is 10.7. The Morgan fingerprint density at radius 1 is 1.09 bits per heavy atom. The van der Waals surface area contributed by atoms with Crippen LogP contribution in [0.5, 0.6) is 0 Å². The number of nitrogens with zero attached hydrogens (tertiary/aromatic N) is 4. The standard InChI is InChI=1S/C16H14N4O2S/c1-19-15(13-5-3-2-4-6-13)17-18-16(19)23-11-12-7-9-14(10-8-12)20(21)22/h2-10H,11H2,1H3. The van der Waals surface area contributed by atoms with E-state index in [1.807, 2.05) is 41.9 Å². The number of rotatable bonds is 5. The summed E-state index contributed by atoms with van der Waals surface area (Å²) in [6.07, 6.45) is 0. The van der Waals surface area contributed by atoms with Crippen LogP contribution in [0.25, 0.3) is 11.4 Å². The van der Waals surface area contributed by atoms with Gasteiger partial charge in [-0.3, -0.25) is 10.1 Å². The number of hydrogen-bond acceptors (Lipinski definition) is 5. The number of nitro benzene ring substituents is 1. The lowest BCUT2D eigenvalue weighted by atomic mass is 10.2. The Morgan fingerprint density at radius 3 is 2.43 bits per heavy atom. The summed E-state index contributed by atoms with van der Waals surface area (Å²) >= 11 is 1.55. The van der Waals surface area contributed by atoms with E-state index in [-0.39, 0.29) is 5.69 Å². The first-order valence-electron chi connectivity index (χ1n) is 6.96. The van der Waals surface area contributed by atoms with Crippen molar-refractivity contribution in [3.63, 3.8) is 0 Å². The summed E-state index contributed by atoms with van der Waals surface area (Å²) in [6.45, 7) is 0. The number of aromatic nitrogens is 3. The van der Waals surface area contributed by atoms with Gasteiger partial charge in [0.15, 0.2) is 11.0 Å². The van der Waals surface area contributed by atoms with Crippen LogP contribution in [0.1, 0.15) is 5.56 Å². The van der Waals surface area contributed by atoms with Crippen LogP contribution in [0.3, 0.4) is 0 Å². The maximum Gasteiger partial charge on any atom is 0.269 e. The molecule has 0 amide bonds. The lowest BCUT2D eigenvalue weighted by Gasteiger charge is -2.04. The first kappa shape index (κ1) is 15.2. The average molecular weight is 326 g/mol. The highest BCUT2D eigenvalue weighted by Crippen LogP contribution is 2.25. The normalized spacial score (nSPS) is 10.7. The van der Waals surface area contributed by atoms with Crippen LogP contribution >= 0.6 is 11.8 Å². The second-order valence-corrected chi connectivity index (χ2v) is 5.89. The molecular weight excluding hydrogens is 312 g/mol. The van der Waals surface area contributed by atoms with E-state index >= 15 is 0 Å². The van der Waals surface area contributed by atoms with Crippen molar-refractivity contribution in [1.82, 2.24) is 14.8 Å². The van der Waals surface area contributed by atoms with Gasteiger partial charge in [0, 0.05) is 30.5 Å². The van der Waals surface area contributed by atoms with Gasteiger partial charge in [-0.15, -0.1) is 10.2 Å². The zero-order valence-corrected chi connectivity index (χ0v) is 13.2. The van der Waals surface area contributed by atoms with Gasteiger partial charge in [-0.25, -0.2) is 0 Å². The molecule has 0 radical (unpaired) electrons. The highest BCUT2D eigenvalue weighted by molar-refractivity contribution is 7.98. The smallest absolute Gasteiger partial charge is 0.269 e. The Morgan fingerprint density at radius 2 is 1.78 bits per heavy atom. The highest BCUT2D eigenvalue weighted by atomic mass is 32.2. The van der Waals surface area contributed by atoms with Crippen molar-refractivity contribution in [3.05, 3.63) is 70.3 Å². The van der Waals surface area contributed by atoms with E-state index < -0.39 is 4.92 Å². The molecular formula is C16H14N4O2S. The van der Waals surface area contributed by atoms with E-state index in [9.17, 15) is 10.1 Å². The maximum absolute atomic E-state index is 10.7. The fourth-order valence-electron chi connectivity index (χ4n) is 2.14. The van der Waals surface area contributed by atoms with Gasteiger partial charge in [-0.1, -0.05) is 54.2 Å². The van der Waals surface area contributed by atoms with Crippen molar-refractivity contribution in [2.45, 2.75) is 10.9 Å². The first-order chi connectivity index (χ1) is 11.1. The predicted octanol–water partition coefficient (Wildman–Crippen LogP) is 3.68. The topological polar surface area (TPSA) is 73.8 Å². The Labute approximate surface area is 137 Å². The van der Waals surface area contributed by atoms with Gasteiger partial charge in [-0.05, 0) is 5.56 Å². The monoisotopic (exact) mass is 326 g/mol. The van der Waals surface area contributed by atoms with Gasteiger partial charge in [0.2, 0.25) is 0 Å². The second-order valence-electron chi connectivity index (χ2n) is 4.94. The van der Waals surface area contributed by atoms with Crippen molar-refractivity contribution < 1.29 is 4.92 Å². The Hall–Kier alpha value is -2.67. The Bertz CT molecular complexity index is 816. The Kier molecular flexibility index (Phi) is 4.38. The van der Waals surface area contributed by atoms with E-state index in [1.54, 1.807) is 23.9 Å². The number of nitro groups is 1. The van der Waals surface area contributed by atoms with E-state index in [2.05, 4.69) is 10.2 Å². The quantitative estimate of drug-likeness (QED) is 0.406. The largest absolute Gasteiger partial charge is 0.305 e. The van der Waals surface area contributed by atoms with Crippen LogP contribution in [0, 0.1) is 10.1 Å². The van der Waals surface area contributed by atoms with E-state index in [1.165, 1.54) is 12.1 Å². The number of benzene rings is 2. The lowest BCUT2D eigenvalue weighted by molar-refractivity contribution is -0.384. The molecule has 0 spiro atoms. The van der Waals surface area contributed by atoms with Crippen molar-refractivity contribution in [2.75, 3.05) is 0 Å². The number of non-ortho nitro benzene ring substituents is 1. The van der Waals surface area contributed by atoms with Gasteiger partial charge < -0.3 is 4.57 Å². The second kappa shape index (κ2) is 6.62. The lowest BCUT2D eigenvalue weighted by Crippen LogP contribution is -1.95. The minimum Gasteiger partial charge on any atom is -0.305 e. The van der Waals surface area contributed by atoms with E-state index in [0.29, 0.717) is 5.75 Å². The van der Waals surface area contributed by atoms with Crippen molar-refractivity contribution in [2.24, 2.45) is 7.05 Å². The van der Waals surface area contributed by atoms with Gasteiger partial charge in [0.05, 0.1) is 4.92 Å². The molecule has 0 saturated heterocycles. The van der Waals surface area contributed by atoms with Crippen LogP contribution < -0.4 is 0 Å². The van der Waals surface area contributed by atoms with Crippen LogP contribution in [0.4, 0.5) is 5.69 Å². The molecule has 0 aliphatic carbocycles.